The van der Waals surface area contributed by atoms with Crippen molar-refractivity contribution in [2.24, 2.45) is 11.1 Å². The van der Waals surface area contributed by atoms with Crippen LogP contribution < -0.4 is 10.5 Å². The number of rotatable bonds is 7. The average molecular weight is 237 g/mol. The molecule has 0 radical (unpaired) electrons. The molecule has 0 aliphatic carbocycles. The third kappa shape index (κ3) is 5.59. The Kier molecular flexibility index (Phi) is 5.29. The third-order valence-electron chi connectivity index (χ3n) is 2.91. The minimum Gasteiger partial charge on any atom is -0.508 e. The molecule has 0 unspecified atom stereocenters. The van der Waals surface area contributed by atoms with Crippen molar-refractivity contribution in [2.45, 2.75) is 33.1 Å². The fourth-order valence-corrected chi connectivity index (χ4v) is 1.54. The Hall–Kier alpha value is -1.22. The van der Waals surface area contributed by atoms with Crippen LogP contribution in [0.5, 0.6) is 11.5 Å². The number of phenolic OH excluding ortho intramolecular Hbond substituents is 1. The molecule has 1 rings (SSSR count). The van der Waals surface area contributed by atoms with E-state index >= 15 is 0 Å². The van der Waals surface area contributed by atoms with E-state index in [1.807, 2.05) is 0 Å². The predicted octanol–water partition coefficient (Wildman–Crippen LogP) is 2.93. The first-order valence-corrected chi connectivity index (χ1v) is 6.15. The number of aromatic hydroxyl groups is 1. The van der Waals surface area contributed by atoms with E-state index in [0.717, 1.165) is 31.6 Å². The van der Waals surface area contributed by atoms with Gasteiger partial charge in [-0.05, 0) is 55.5 Å². The van der Waals surface area contributed by atoms with Crippen LogP contribution in [0.3, 0.4) is 0 Å². The molecule has 0 fully saturated rings. The standard InChI is InChI=1S/C14H23NO2/c1-14(2,11-15)9-3-4-10-17-13-7-5-12(16)6-8-13/h5-8,16H,3-4,9-11,15H2,1-2H3. The minimum atomic E-state index is 0.235. The molecule has 0 amide bonds. The van der Waals surface area contributed by atoms with E-state index < -0.39 is 0 Å². The largest absolute Gasteiger partial charge is 0.508 e. The van der Waals surface area contributed by atoms with Crippen LogP contribution in [0.25, 0.3) is 0 Å². The first-order chi connectivity index (χ1) is 8.03. The summed E-state index contributed by atoms with van der Waals surface area (Å²) in [7, 11) is 0. The van der Waals surface area contributed by atoms with Crippen LogP contribution in [-0.4, -0.2) is 18.3 Å². The topological polar surface area (TPSA) is 55.5 Å². The third-order valence-corrected chi connectivity index (χ3v) is 2.91. The van der Waals surface area contributed by atoms with E-state index in [2.05, 4.69) is 13.8 Å². The maximum absolute atomic E-state index is 9.12. The molecule has 0 saturated carbocycles. The second kappa shape index (κ2) is 6.50. The molecule has 0 bridgehead atoms. The Morgan fingerprint density at radius 3 is 2.41 bits per heavy atom. The van der Waals surface area contributed by atoms with Crippen LogP contribution in [0.4, 0.5) is 0 Å². The number of unbranched alkanes of at least 4 members (excludes halogenated alkanes) is 1. The van der Waals surface area contributed by atoms with E-state index in [1.54, 1.807) is 24.3 Å². The van der Waals surface area contributed by atoms with Crippen molar-refractivity contribution in [1.29, 1.82) is 0 Å². The van der Waals surface area contributed by atoms with E-state index in [1.165, 1.54) is 0 Å². The number of hydrogen-bond acceptors (Lipinski definition) is 3. The molecule has 17 heavy (non-hydrogen) atoms. The molecular formula is C14H23NO2. The summed E-state index contributed by atoms with van der Waals surface area (Å²) in [5.74, 6) is 1.07. The Bertz CT molecular complexity index is 319. The molecule has 3 N–H and O–H groups in total. The van der Waals surface area contributed by atoms with Gasteiger partial charge in [-0.3, -0.25) is 0 Å². The SMILES string of the molecule is CC(C)(CN)CCCCOc1ccc(O)cc1. The molecule has 0 aliphatic heterocycles. The van der Waals surface area contributed by atoms with Gasteiger partial charge in [0.05, 0.1) is 6.61 Å². The van der Waals surface area contributed by atoms with Crippen LogP contribution in [0.2, 0.25) is 0 Å². The second-order valence-electron chi connectivity index (χ2n) is 5.17. The molecule has 0 aromatic heterocycles. The van der Waals surface area contributed by atoms with Gasteiger partial charge in [-0.25, -0.2) is 0 Å². The first-order valence-electron chi connectivity index (χ1n) is 6.15. The fraction of sp³-hybridized carbons (Fsp3) is 0.571. The molecular weight excluding hydrogens is 214 g/mol. The van der Waals surface area contributed by atoms with Gasteiger partial charge in [0, 0.05) is 0 Å². The highest BCUT2D eigenvalue weighted by Gasteiger charge is 2.14. The molecule has 3 nitrogen and oxygen atoms in total. The Morgan fingerprint density at radius 1 is 1.18 bits per heavy atom. The van der Waals surface area contributed by atoms with Crippen LogP contribution in [0.15, 0.2) is 24.3 Å². The molecule has 3 heteroatoms. The monoisotopic (exact) mass is 237 g/mol. The Labute approximate surface area is 104 Å². The van der Waals surface area contributed by atoms with Crippen molar-refractivity contribution in [3.8, 4) is 11.5 Å². The number of hydrogen-bond donors (Lipinski definition) is 2. The summed E-state index contributed by atoms with van der Waals surface area (Å²) in [6.45, 7) is 5.82. The van der Waals surface area contributed by atoms with Gasteiger partial charge in [-0.1, -0.05) is 13.8 Å². The van der Waals surface area contributed by atoms with Gasteiger partial charge < -0.3 is 15.6 Å². The summed E-state index contributed by atoms with van der Waals surface area (Å²) in [4.78, 5) is 0. The zero-order valence-corrected chi connectivity index (χ0v) is 10.8. The van der Waals surface area contributed by atoms with Gasteiger partial charge in [-0.15, -0.1) is 0 Å². The number of nitrogens with two attached hydrogens (primary N) is 1. The van der Waals surface area contributed by atoms with Gasteiger partial charge in [0.25, 0.3) is 0 Å². The highest BCUT2D eigenvalue weighted by molar-refractivity contribution is 5.29. The highest BCUT2D eigenvalue weighted by atomic mass is 16.5. The maximum atomic E-state index is 9.12. The molecule has 0 saturated heterocycles. The molecule has 0 aliphatic rings. The van der Waals surface area contributed by atoms with Crippen molar-refractivity contribution in [1.82, 2.24) is 0 Å². The lowest BCUT2D eigenvalue weighted by Crippen LogP contribution is -2.23. The van der Waals surface area contributed by atoms with E-state index in [-0.39, 0.29) is 11.2 Å². The maximum Gasteiger partial charge on any atom is 0.119 e. The predicted molar refractivity (Wildman–Crippen MR) is 70.3 cm³/mol. The highest BCUT2D eigenvalue weighted by Crippen LogP contribution is 2.21. The number of phenols is 1. The molecule has 0 atom stereocenters. The van der Waals surface area contributed by atoms with Crippen LogP contribution in [0.1, 0.15) is 33.1 Å². The molecule has 1 aromatic carbocycles. The van der Waals surface area contributed by atoms with Crippen molar-refractivity contribution < 1.29 is 9.84 Å². The van der Waals surface area contributed by atoms with Gasteiger partial charge in [0.15, 0.2) is 0 Å². The first kappa shape index (κ1) is 13.8. The summed E-state index contributed by atoms with van der Waals surface area (Å²) >= 11 is 0. The summed E-state index contributed by atoms with van der Waals surface area (Å²) < 4.78 is 5.57. The van der Waals surface area contributed by atoms with E-state index in [0.29, 0.717) is 6.61 Å². The van der Waals surface area contributed by atoms with Crippen molar-refractivity contribution in [3.05, 3.63) is 24.3 Å². The Morgan fingerprint density at radius 2 is 1.82 bits per heavy atom. The van der Waals surface area contributed by atoms with Gasteiger partial charge in [0.1, 0.15) is 11.5 Å². The number of benzene rings is 1. The molecule has 96 valence electrons. The fourth-order valence-electron chi connectivity index (χ4n) is 1.54. The average Bonchev–Trinajstić information content (AvgIpc) is 2.31. The Balaban J connectivity index is 2.14. The quantitative estimate of drug-likeness (QED) is 0.717. The van der Waals surface area contributed by atoms with E-state index in [9.17, 15) is 0 Å². The van der Waals surface area contributed by atoms with Gasteiger partial charge in [-0.2, -0.15) is 0 Å². The lowest BCUT2D eigenvalue weighted by atomic mass is 9.87. The van der Waals surface area contributed by atoms with Crippen LogP contribution in [0, 0.1) is 5.41 Å². The van der Waals surface area contributed by atoms with Crippen molar-refractivity contribution in [3.63, 3.8) is 0 Å². The van der Waals surface area contributed by atoms with Gasteiger partial charge >= 0.3 is 0 Å². The summed E-state index contributed by atoms with van der Waals surface area (Å²) in [6.07, 6.45) is 3.29. The smallest absolute Gasteiger partial charge is 0.119 e. The van der Waals surface area contributed by atoms with Crippen LogP contribution >= 0.6 is 0 Å². The second-order valence-corrected chi connectivity index (χ2v) is 5.17. The normalized spacial score (nSPS) is 11.5. The zero-order valence-electron chi connectivity index (χ0n) is 10.8. The van der Waals surface area contributed by atoms with E-state index in [4.69, 9.17) is 15.6 Å². The summed E-state index contributed by atoms with van der Waals surface area (Å²) in [6, 6.07) is 6.82. The molecule has 0 spiro atoms. The zero-order chi connectivity index (χ0) is 12.7. The minimum absolute atomic E-state index is 0.235. The summed E-state index contributed by atoms with van der Waals surface area (Å²) in [5.41, 5.74) is 5.91. The van der Waals surface area contributed by atoms with Crippen LogP contribution in [-0.2, 0) is 0 Å². The van der Waals surface area contributed by atoms with Crippen molar-refractivity contribution >= 4 is 0 Å². The summed E-state index contributed by atoms with van der Waals surface area (Å²) in [5, 5.41) is 9.12. The molecule has 1 aromatic rings. The lowest BCUT2D eigenvalue weighted by Gasteiger charge is -2.21. The molecule has 0 heterocycles. The lowest BCUT2D eigenvalue weighted by molar-refractivity contribution is 0.278. The van der Waals surface area contributed by atoms with Crippen molar-refractivity contribution in [2.75, 3.05) is 13.2 Å². The number of ether oxygens (including phenoxy) is 1. The van der Waals surface area contributed by atoms with Gasteiger partial charge in [0.2, 0.25) is 0 Å².